The van der Waals surface area contributed by atoms with E-state index in [1.165, 1.54) is 18.2 Å². The van der Waals surface area contributed by atoms with Crippen LogP contribution in [-0.2, 0) is 6.61 Å². The summed E-state index contributed by atoms with van der Waals surface area (Å²) < 4.78 is 10.9. The van der Waals surface area contributed by atoms with Gasteiger partial charge in [0.25, 0.3) is 11.6 Å². The molecule has 0 saturated carbocycles. The van der Waals surface area contributed by atoms with Crippen LogP contribution in [0.4, 0.5) is 11.4 Å². The van der Waals surface area contributed by atoms with E-state index in [4.69, 9.17) is 20.9 Å². The van der Waals surface area contributed by atoms with Crippen molar-refractivity contribution in [3.05, 3.63) is 80.2 Å². The summed E-state index contributed by atoms with van der Waals surface area (Å²) in [4.78, 5) is 23.0. The molecule has 2 aromatic carbocycles. The van der Waals surface area contributed by atoms with Crippen LogP contribution in [0.2, 0.25) is 5.02 Å². The largest absolute Gasteiger partial charge is 0.489 e. The second-order valence-electron chi connectivity index (χ2n) is 6.05. The molecular formula is C19H16ClN3O5. The molecule has 1 heterocycles. The molecule has 0 radical (unpaired) electrons. The van der Waals surface area contributed by atoms with E-state index >= 15 is 0 Å². The van der Waals surface area contributed by atoms with Gasteiger partial charge in [-0.3, -0.25) is 14.9 Å². The number of carbonyl (C=O) groups excluding carboxylic acids is 1. The second-order valence-corrected chi connectivity index (χ2v) is 6.45. The summed E-state index contributed by atoms with van der Waals surface area (Å²) in [6.45, 7) is 3.68. The number of aromatic nitrogens is 1. The molecule has 28 heavy (non-hydrogen) atoms. The quantitative estimate of drug-likeness (QED) is 0.474. The lowest BCUT2D eigenvalue weighted by Crippen LogP contribution is -2.16. The molecule has 3 rings (SSSR count). The molecule has 144 valence electrons. The van der Waals surface area contributed by atoms with E-state index in [0.717, 1.165) is 5.56 Å². The molecule has 1 aromatic heterocycles. The second kappa shape index (κ2) is 8.10. The Morgan fingerprint density at radius 1 is 1.29 bits per heavy atom. The Balaban J connectivity index is 1.80. The fourth-order valence-corrected chi connectivity index (χ4v) is 2.67. The van der Waals surface area contributed by atoms with Gasteiger partial charge in [-0.25, -0.2) is 0 Å². The molecule has 1 amide bonds. The lowest BCUT2D eigenvalue weighted by atomic mass is 10.2. The first-order valence-corrected chi connectivity index (χ1v) is 8.63. The van der Waals surface area contributed by atoms with Crippen LogP contribution >= 0.6 is 11.6 Å². The normalized spacial score (nSPS) is 10.5. The number of hydrogen-bond donors (Lipinski definition) is 1. The van der Waals surface area contributed by atoms with Crippen LogP contribution in [0.25, 0.3) is 0 Å². The van der Waals surface area contributed by atoms with Gasteiger partial charge in [0.05, 0.1) is 21.2 Å². The Labute approximate surface area is 165 Å². The number of rotatable bonds is 6. The molecule has 0 bridgehead atoms. The summed E-state index contributed by atoms with van der Waals surface area (Å²) in [5.74, 6) is 0.471. The lowest BCUT2D eigenvalue weighted by Gasteiger charge is -2.09. The van der Waals surface area contributed by atoms with E-state index < -0.39 is 10.8 Å². The number of aryl methyl sites for hydroxylation is 2. The van der Waals surface area contributed by atoms with Gasteiger partial charge in [0.1, 0.15) is 18.1 Å². The molecular weight excluding hydrogens is 386 g/mol. The minimum Gasteiger partial charge on any atom is -0.489 e. The zero-order chi connectivity index (χ0) is 20.3. The SMILES string of the molecule is Cc1cccc(OCc2c(C(=O)Nc3cc([N+](=O)[O-])ccc3Cl)noc2C)c1. The van der Waals surface area contributed by atoms with Crippen molar-refractivity contribution in [1.29, 1.82) is 0 Å². The third-order valence-electron chi connectivity index (χ3n) is 3.98. The fourth-order valence-electron chi connectivity index (χ4n) is 2.50. The molecule has 0 atom stereocenters. The molecule has 0 saturated heterocycles. The van der Waals surface area contributed by atoms with Crippen molar-refractivity contribution in [3.8, 4) is 5.75 Å². The fraction of sp³-hybridized carbons (Fsp3) is 0.158. The molecule has 0 spiro atoms. The molecule has 3 aromatic rings. The number of non-ortho nitro benzene ring substituents is 1. The van der Waals surface area contributed by atoms with Crippen molar-refractivity contribution in [2.24, 2.45) is 0 Å². The zero-order valence-corrected chi connectivity index (χ0v) is 15.8. The summed E-state index contributed by atoms with van der Waals surface area (Å²) in [7, 11) is 0. The van der Waals surface area contributed by atoms with Crippen LogP contribution in [0.5, 0.6) is 5.75 Å². The number of benzene rings is 2. The van der Waals surface area contributed by atoms with Crippen molar-refractivity contribution < 1.29 is 19.0 Å². The number of ether oxygens (including phenoxy) is 1. The zero-order valence-electron chi connectivity index (χ0n) is 15.1. The first-order valence-electron chi connectivity index (χ1n) is 8.25. The predicted molar refractivity (Wildman–Crippen MR) is 103 cm³/mol. The summed E-state index contributed by atoms with van der Waals surface area (Å²) in [5.41, 5.74) is 1.44. The van der Waals surface area contributed by atoms with Crippen molar-refractivity contribution in [3.63, 3.8) is 0 Å². The monoisotopic (exact) mass is 401 g/mol. The highest BCUT2D eigenvalue weighted by Gasteiger charge is 2.22. The molecule has 0 unspecified atom stereocenters. The maximum atomic E-state index is 12.6. The molecule has 9 heteroatoms. The molecule has 0 aliphatic rings. The predicted octanol–water partition coefficient (Wildman–Crippen LogP) is 4.68. The van der Waals surface area contributed by atoms with Gasteiger partial charge in [0.2, 0.25) is 0 Å². The Hall–Kier alpha value is -3.39. The average molecular weight is 402 g/mol. The number of hydrogen-bond acceptors (Lipinski definition) is 6. The number of nitro groups is 1. The molecule has 0 aliphatic carbocycles. The summed E-state index contributed by atoms with van der Waals surface area (Å²) in [6.07, 6.45) is 0. The van der Waals surface area contributed by atoms with Gasteiger partial charge in [-0.15, -0.1) is 0 Å². The maximum absolute atomic E-state index is 12.6. The topological polar surface area (TPSA) is 108 Å². The first-order chi connectivity index (χ1) is 13.3. The van der Waals surface area contributed by atoms with Crippen LogP contribution < -0.4 is 10.1 Å². The van der Waals surface area contributed by atoms with Crippen LogP contribution in [-0.4, -0.2) is 16.0 Å². The highest BCUT2D eigenvalue weighted by Crippen LogP contribution is 2.28. The number of amides is 1. The van der Waals surface area contributed by atoms with E-state index in [1.807, 2.05) is 25.1 Å². The van der Waals surface area contributed by atoms with Crippen molar-refractivity contribution in [2.75, 3.05) is 5.32 Å². The lowest BCUT2D eigenvalue weighted by molar-refractivity contribution is -0.384. The standard InChI is InChI=1S/C19H16ClN3O5/c1-11-4-3-5-14(8-11)27-10-15-12(2)28-22-18(15)19(24)21-17-9-13(23(25)26)6-7-16(17)20/h3-9H,10H2,1-2H3,(H,21,24). The van der Waals surface area contributed by atoms with Gasteiger partial charge >= 0.3 is 0 Å². The van der Waals surface area contributed by atoms with Gasteiger partial charge in [0.15, 0.2) is 5.69 Å². The van der Waals surface area contributed by atoms with Crippen molar-refractivity contribution >= 4 is 28.9 Å². The Morgan fingerprint density at radius 2 is 2.07 bits per heavy atom. The Morgan fingerprint density at radius 3 is 2.79 bits per heavy atom. The van der Waals surface area contributed by atoms with E-state index in [0.29, 0.717) is 17.1 Å². The van der Waals surface area contributed by atoms with E-state index in [1.54, 1.807) is 13.0 Å². The van der Waals surface area contributed by atoms with Gasteiger partial charge in [0, 0.05) is 12.1 Å². The number of carbonyl (C=O) groups is 1. The van der Waals surface area contributed by atoms with E-state index in [-0.39, 0.29) is 28.7 Å². The minimum absolute atomic E-state index is 0.0210. The smallest absolute Gasteiger partial charge is 0.278 e. The summed E-state index contributed by atoms with van der Waals surface area (Å²) in [5, 5.41) is 17.4. The van der Waals surface area contributed by atoms with Crippen LogP contribution in [0, 0.1) is 24.0 Å². The number of anilines is 1. The van der Waals surface area contributed by atoms with Gasteiger partial charge in [-0.2, -0.15) is 0 Å². The highest BCUT2D eigenvalue weighted by atomic mass is 35.5. The summed E-state index contributed by atoms with van der Waals surface area (Å²) in [6, 6.07) is 11.2. The summed E-state index contributed by atoms with van der Waals surface area (Å²) >= 11 is 6.03. The maximum Gasteiger partial charge on any atom is 0.278 e. The molecule has 0 aliphatic heterocycles. The molecule has 0 fully saturated rings. The van der Waals surface area contributed by atoms with Crippen LogP contribution in [0.3, 0.4) is 0 Å². The number of halogens is 1. The van der Waals surface area contributed by atoms with Crippen LogP contribution in [0.1, 0.15) is 27.4 Å². The Kier molecular flexibility index (Phi) is 5.60. The molecule has 1 N–H and O–H groups in total. The van der Waals surface area contributed by atoms with Crippen molar-refractivity contribution in [2.45, 2.75) is 20.5 Å². The first kappa shape index (κ1) is 19.4. The van der Waals surface area contributed by atoms with E-state index in [9.17, 15) is 14.9 Å². The van der Waals surface area contributed by atoms with Gasteiger partial charge in [-0.05, 0) is 37.6 Å². The third-order valence-corrected chi connectivity index (χ3v) is 4.31. The van der Waals surface area contributed by atoms with E-state index in [2.05, 4.69) is 10.5 Å². The van der Waals surface area contributed by atoms with Gasteiger partial charge in [-0.1, -0.05) is 28.9 Å². The van der Waals surface area contributed by atoms with Gasteiger partial charge < -0.3 is 14.6 Å². The number of nitrogens with one attached hydrogen (secondary N) is 1. The third kappa shape index (κ3) is 4.29. The number of nitrogens with zero attached hydrogens (tertiary/aromatic N) is 2. The minimum atomic E-state index is -0.609. The molecule has 8 nitrogen and oxygen atoms in total. The average Bonchev–Trinajstić information content (AvgIpc) is 3.02. The Bertz CT molecular complexity index is 1050. The van der Waals surface area contributed by atoms with Crippen LogP contribution in [0.15, 0.2) is 47.0 Å². The van der Waals surface area contributed by atoms with Crippen molar-refractivity contribution in [1.82, 2.24) is 5.16 Å². The highest BCUT2D eigenvalue weighted by molar-refractivity contribution is 6.34. The number of nitro benzene ring substituents is 1.